The highest BCUT2D eigenvalue weighted by atomic mass is 35.5. The number of halogens is 1. The van der Waals surface area contributed by atoms with E-state index in [2.05, 4.69) is 15.0 Å². The largest absolute Gasteiger partial charge is 0.478 e. The van der Waals surface area contributed by atoms with Crippen molar-refractivity contribution in [2.45, 2.75) is 32.4 Å². The quantitative estimate of drug-likeness (QED) is 0.836. The molecule has 1 saturated heterocycles. The number of ether oxygens (including phenoxy) is 1. The third-order valence-electron chi connectivity index (χ3n) is 3.89. The van der Waals surface area contributed by atoms with Crippen LogP contribution >= 0.6 is 11.6 Å². The number of likely N-dealkylation sites (tertiary alicyclic amines) is 1. The Morgan fingerprint density at radius 3 is 3.13 bits per heavy atom. The van der Waals surface area contributed by atoms with Crippen LogP contribution in [0.15, 0.2) is 22.7 Å². The Kier molecular flexibility index (Phi) is 4.79. The van der Waals surface area contributed by atoms with Crippen LogP contribution < -0.4 is 4.74 Å². The van der Waals surface area contributed by atoms with Crippen molar-refractivity contribution in [3.8, 4) is 11.8 Å². The van der Waals surface area contributed by atoms with Gasteiger partial charge in [0.2, 0.25) is 5.89 Å². The number of nitriles is 1. The zero-order valence-electron chi connectivity index (χ0n) is 12.8. The first-order valence-corrected chi connectivity index (χ1v) is 7.87. The molecule has 1 aromatic carbocycles. The van der Waals surface area contributed by atoms with Gasteiger partial charge >= 0.3 is 0 Å². The number of rotatable bonds is 5. The third kappa shape index (κ3) is 3.63. The van der Waals surface area contributed by atoms with Crippen molar-refractivity contribution in [1.82, 2.24) is 15.0 Å². The predicted octanol–water partition coefficient (Wildman–Crippen LogP) is 3.27. The van der Waals surface area contributed by atoms with Gasteiger partial charge in [-0.2, -0.15) is 10.2 Å². The van der Waals surface area contributed by atoms with Crippen LogP contribution in [0.25, 0.3) is 0 Å². The molecule has 0 radical (unpaired) electrons. The van der Waals surface area contributed by atoms with Crippen molar-refractivity contribution in [2.75, 3.05) is 13.2 Å². The first-order chi connectivity index (χ1) is 11.2. The van der Waals surface area contributed by atoms with Crippen LogP contribution in [0.2, 0.25) is 5.02 Å². The van der Waals surface area contributed by atoms with Gasteiger partial charge in [0, 0.05) is 24.1 Å². The number of aryl methyl sites for hydroxylation is 1. The Morgan fingerprint density at radius 1 is 1.52 bits per heavy atom. The van der Waals surface area contributed by atoms with E-state index in [1.165, 1.54) is 0 Å². The highest BCUT2D eigenvalue weighted by Gasteiger charge is 2.30. The normalized spacial score (nSPS) is 18.0. The van der Waals surface area contributed by atoms with Gasteiger partial charge in [-0.15, -0.1) is 0 Å². The van der Waals surface area contributed by atoms with Gasteiger partial charge < -0.3 is 9.26 Å². The van der Waals surface area contributed by atoms with Gasteiger partial charge in [0.15, 0.2) is 12.4 Å². The van der Waals surface area contributed by atoms with Gasteiger partial charge in [0.1, 0.15) is 11.8 Å². The molecule has 1 aliphatic heterocycles. The van der Waals surface area contributed by atoms with Gasteiger partial charge in [-0.1, -0.05) is 16.8 Å². The van der Waals surface area contributed by atoms with E-state index in [4.69, 9.17) is 26.1 Å². The first kappa shape index (κ1) is 15.8. The molecule has 0 spiro atoms. The molecule has 6 nitrogen and oxygen atoms in total. The fourth-order valence-corrected chi connectivity index (χ4v) is 3.09. The summed E-state index contributed by atoms with van der Waals surface area (Å²) in [6, 6.07) is 7.57. The van der Waals surface area contributed by atoms with E-state index < -0.39 is 0 Å². The van der Waals surface area contributed by atoms with Crippen molar-refractivity contribution < 1.29 is 9.26 Å². The van der Waals surface area contributed by atoms with E-state index in [0.717, 1.165) is 30.8 Å². The minimum atomic E-state index is 0.0160. The molecule has 3 rings (SSSR count). The topological polar surface area (TPSA) is 75.2 Å². The summed E-state index contributed by atoms with van der Waals surface area (Å²) >= 11 is 6.11. The Balaban J connectivity index is 1.80. The summed E-state index contributed by atoms with van der Waals surface area (Å²) in [7, 11) is 0. The van der Waals surface area contributed by atoms with Crippen LogP contribution in [0.3, 0.4) is 0 Å². The average molecular weight is 333 g/mol. The summed E-state index contributed by atoms with van der Waals surface area (Å²) in [4.78, 5) is 6.64. The molecule has 120 valence electrons. The molecule has 23 heavy (non-hydrogen) atoms. The lowest BCUT2D eigenvalue weighted by atomic mass is 10.1. The molecule has 2 heterocycles. The SMILES string of the molecule is Cc1nc([C@@H]2CCCN2Cc2cc(Cl)ccc2OCC#N)no1. The van der Waals surface area contributed by atoms with Gasteiger partial charge in [0.25, 0.3) is 0 Å². The second-order valence-electron chi connectivity index (χ2n) is 5.50. The molecule has 0 saturated carbocycles. The molecule has 2 aromatic rings. The van der Waals surface area contributed by atoms with Crippen molar-refractivity contribution >= 4 is 11.6 Å². The summed E-state index contributed by atoms with van der Waals surface area (Å²) < 4.78 is 10.6. The summed E-state index contributed by atoms with van der Waals surface area (Å²) in [6.45, 7) is 3.42. The van der Waals surface area contributed by atoms with Crippen molar-refractivity contribution in [3.05, 3.63) is 40.5 Å². The lowest BCUT2D eigenvalue weighted by Crippen LogP contribution is -2.24. The van der Waals surface area contributed by atoms with E-state index in [-0.39, 0.29) is 12.6 Å². The van der Waals surface area contributed by atoms with Gasteiger partial charge in [-0.3, -0.25) is 4.90 Å². The van der Waals surface area contributed by atoms with Crippen LogP contribution in [-0.4, -0.2) is 28.2 Å². The maximum atomic E-state index is 8.71. The molecular formula is C16H17ClN4O2. The van der Waals surface area contributed by atoms with E-state index in [1.807, 2.05) is 12.1 Å². The molecule has 0 N–H and O–H groups in total. The van der Waals surface area contributed by atoms with Crippen molar-refractivity contribution in [1.29, 1.82) is 5.26 Å². The smallest absolute Gasteiger partial charge is 0.223 e. The fourth-order valence-electron chi connectivity index (χ4n) is 2.90. The zero-order valence-corrected chi connectivity index (χ0v) is 13.6. The maximum Gasteiger partial charge on any atom is 0.223 e. The monoisotopic (exact) mass is 332 g/mol. The molecule has 1 aliphatic rings. The Hall–Kier alpha value is -2.10. The number of hydrogen-bond donors (Lipinski definition) is 0. The molecule has 1 fully saturated rings. The summed E-state index contributed by atoms with van der Waals surface area (Å²) in [5.74, 6) is 1.99. The number of aromatic nitrogens is 2. The lowest BCUT2D eigenvalue weighted by molar-refractivity contribution is 0.230. The fraction of sp³-hybridized carbons (Fsp3) is 0.438. The minimum absolute atomic E-state index is 0.0160. The molecule has 7 heteroatoms. The van der Waals surface area contributed by atoms with Crippen molar-refractivity contribution in [3.63, 3.8) is 0 Å². The molecule has 1 aromatic heterocycles. The van der Waals surface area contributed by atoms with Gasteiger partial charge in [-0.25, -0.2) is 0 Å². The molecule has 1 atom stereocenters. The molecule has 0 bridgehead atoms. The number of hydrogen-bond acceptors (Lipinski definition) is 6. The maximum absolute atomic E-state index is 8.71. The van der Waals surface area contributed by atoms with Gasteiger partial charge in [-0.05, 0) is 37.6 Å². The molecule has 0 aliphatic carbocycles. The highest BCUT2D eigenvalue weighted by Crippen LogP contribution is 2.34. The number of nitrogens with zero attached hydrogens (tertiary/aromatic N) is 4. The van der Waals surface area contributed by atoms with Crippen LogP contribution in [0.4, 0.5) is 0 Å². The molecule has 0 unspecified atom stereocenters. The first-order valence-electron chi connectivity index (χ1n) is 7.50. The Labute approximate surface area is 139 Å². The van der Waals surface area contributed by atoms with Crippen LogP contribution in [0.1, 0.15) is 36.2 Å². The summed E-state index contributed by atoms with van der Waals surface area (Å²) in [5, 5.41) is 13.4. The summed E-state index contributed by atoms with van der Waals surface area (Å²) in [6.07, 6.45) is 2.07. The Bertz CT molecular complexity index is 725. The summed E-state index contributed by atoms with van der Waals surface area (Å²) in [5.41, 5.74) is 0.958. The van der Waals surface area contributed by atoms with Crippen LogP contribution in [0, 0.1) is 18.3 Å². The van der Waals surface area contributed by atoms with E-state index in [1.54, 1.807) is 19.1 Å². The van der Waals surface area contributed by atoms with E-state index in [0.29, 0.717) is 23.2 Å². The molecule has 0 amide bonds. The molecular weight excluding hydrogens is 316 g/mol. The predicted molar refractivity (Wildman–Crippen MR) is 84.0 cm³/mol. The Morgan fingerprint density at radius 2 is 2.39 bits per heavy atom. The average Bonchev–Trinajstić information content (AvgIpc) is 3.15. The van der Waals surface area contributed by atoms with E-state index >= 15 is 0 Å². The highest BCUT2D eigenvalue weighted by molar-refractivity contribution is 6.30. The minimum Gasteiger partial charge on any atom is -0.478 e. The second-order valence-corrected chi connectivity index (χ2v) is 5.94. The number of benzene rings is 1. The standard InChI is InChI=1S/C16H17ClN4O2/c1-11-19-16(20-23-11)14-3-2-7-21(14)10-12-9-13(17)4-5-15(12)22-8-6-18/h4-5,9,14H,2-3,7-8,10H2,1H3/t14-/m0/s1. The zero-order chi connectivity index (χ0) is 16.2. The van der Waals surface area contributed by atoms with Crippen molar-refractivity contribution in [2.24, 2.45) is 0 Å². The van der Waals surface area contributed by atoms with Gasteiger partial charge in [0.05, 0.1) is 6.04 Å². The van der Waals surface area contributed by atoms with Crippen LogP contribution in [0.5, 0.6) is 5.75 Å². The lowest BCUT2D eigenvalue weighted by Gasteiger charge is -2.23. The van der Waals surface area contributed by atoms with Crippen LogP contribution in [-0.2, 0) is 6.54 Å². The third-order valence-corrected chi connectivity index (χ3v) is 4.13. The second kappa shape index (κ2) is 6.99. The van der Waals surface area contributed by atoms with E-state index in [9.17, 15) is 0 Å².